The molecule has 0 radical (unpaired) electrons. The van der Waals surface area contributed by atoms with Crippen LogP contribution in [0.1, 0.15) is 5.69 Å². The molecule has 0 spiro atoms. The topological polar surface area (TPSA) is 17.3 Å². The van der Waals surface area contributed by atoms with Gasteiger partial charge in [-0.15, -0.1) is 11.3 Å². The lowest BCUT2D eigenvalue weighted by Crippen LogP contribution is -1.78. The maximum Gasteiger partial charge on any atom is 0.194 e. The molecule has 3 heteroatoms. The van der Waals surface area contributed by atoms with E-state index in [4.69, 9.17) is 0 Å². The Bertz CT molecular complexity index is 592. The molecule has 2 heterocycles. The molecule has 0 amide bonds. The first-order valence-electron chi connectivity index (χ1n) is 4.83. The lowest BCUT2D eigenvalue weighted by Gasteiger charge is -1.93. The highest BCUT2D eigenvalue weighted by atomic mass is 32.1. The number of fused-ring (bicyclic) bond motifs is 1. The van der Waals surface area contributed by atoms with Crippen LogP contribution in [-0.4, -0.2) is 9.38 Å². The van der Waals surface area contributed by atoms with Crippen molar-refractivity contribution >= 4 is 16.3 Å². The normalized spacial score (nSPS) is 11.0. The zero-order valence-electron chi connectivity index (χ0n) is 8.34. The third kappa shape index (κ3) is 1.36. The molecule has 0 saturated carbocycles. The standard InChI is InChI=1S/C12H10N2S/c1-9-8-15-12-13-11(7-14(9)12)10-5-3-2-4-6-10/h2-8H,1H3. The van der Waals surface area contributed by atoms with Crippen LogP contribution >= 0.6 is 11.3 Å². The maximum absolute atomic E-state index is 4.59. The number of hydrogen-bond donors (Lipinski definition) is 0. The average molecular weight is 214 g/mol. The number of hydrogen-bond acceptors (Lipinski definition) is 2. The Morgan fingerprint density at radius 3 is 2.73 bits per heavy atom. The molecule has 74 valence electrons. The molecular weight excluding hydrogens is 204 g/mol. The molecule has 0 N–H and O–H groups in total. The predicted molar refractivity (Wildman–Crippen MR) is 63.2 cm³/mol. The fourth-order valence-corrected chi connectivity index (χ4v) is 2.49. The molecule has 0 aliphatic rings. The summed E-state index contributed by atoms with van der Waals surface area (Å²) < 4.78 is 2.13. The summed E-state index contributed by atoms with van der Waals surface area (Å²) in [6, 6.07) is 10.3. The lowest BCUT2D eigenvalue weighted by molar-refractivity contribution is 1.13. The summed E-state index contributed by atoms with van der Waals surface area (Å²) in [6.07, 6.45) is 2.09. The first-order valence-corrected chi connectivity index (χ1v) is 5.71. The molecular formula is C12H10N2S. The second-order valence-electron chi connectivity index (χ2n) is 3.52. The Labute approximate surface area is 91.8 Å². The Balaban J connectivity index is 2.20. The first-order chi connectivity index (χ1) is 7.34. The molecule has 2 nitrogen and oxygen atoms in total. The fourth-order valence-electron chi connectivity index (χ4n) is 1.64. The minimum atomic E-state index is 1.05. The number of aryl methyl sites for hydroxylation is 1. The van der Waals surface area contributed by atoms with Gasteiger partial charge in [-0.05, 0) is 6.92 Å². The average Bonchev–Trinajstić information content (AvgIpc) is 2.83. The summed E-state index contributed by atoms with van der Waals surface area (Å²) >= 11 is 1.68. The second-order valence-corrected chi connectivity index (χ2v) is 4.36. The van der Waals surface area contributed by atoms with E-state index in [1.54, 1.807) is 11.3 Å². The van der Waals surface area contributed by atoms with E-state index in [2.05, 4.69) is 40.0 Å². The van der Waals surface area contributed by atoms with Crippen LogP contribution in [0.4, 0.5) is 0 Å². The van der Waals surface area contributed by atoms with E-state index in [9.17, 15) is 0 Å². The Morgan fingerprint density at radius 2 is 2.00 bits per heavy atom. The van der Waals surface area contributed by atoms with Gasteiger partial charge >= 0.3 is 0 Å². The quantitative estimate of drug-likeness (QED) is 0.607. The van der Waals surface area contributed by atoms with Gasteiger partial charge in [0.2, 0.25) is 0 Å². The molecule has 2 aromatic heterocycles. The van der Waals surface area contributed by atoms with Gasteiger partial charge in [-0.25, -0.2) is 4.98 Å². The van der Waals surface area contributed by atoms with Crippen LogP contribution < -0.4 is 0 Å². The molecule has 0 unspecified atom stereocenters. The molecule has 0 aliphatic carbocycles. The van der Waals surface area contributed by atoms with Crippen molar-refractivity contribution in [2.75, 3.05) is 0 Å². The van der Waals surface area contributed by atoms with Crippen LogP contribution in [0.5, 0.6) is 0 Å². The predicted octanol–water partition coefficient (Wildman–Crippen LogP) is 3.37. The second kappa shape index (κ2) is 3.21. The molecule has 3 aromatic rings. The van der Waals surface area contributed by atoms with Gasteiger partial charge in [0.25, 0.3) is 0 Å². The number of benzene rings is 1. The molecule has 3 rings (SSSR count). The molecule has 0 bridgehead atoms. The zero-order chi connectivity index (χ0) is 10.3. The number of nitrogens with zero attached hydrogens (tertiary/aromatic N) is 2. The molecule has 15 heavy (non-hydrogen) atoms. The van der Waals surface area contributed by atoms with Crippen LogP contribution in [0.3, 0.4) is 0 Å². The minimum Gasteiger partial charge on any atom is -0.294 e. The zero-order valence-corrected chi connectivity index (χ0v) is 9.16. The molecule has 0 fully saturated rings. The summed E-state index contributed by atoms with van der Waals surface area (Å²) in [5.41, 5.74) is 3.46. The van der Waals surface area contributed by atoms with Gasteiger partial charge in [0, 0.05) is 22.8 Å². The summed E-state index contributed by atoms with van der Waals surface area (Å²) in [7, 11) is 0. The summed E-state index contributed by atoms with van der Waals surface area (Å²) in [6.45, 7) is 2.10. The van der Waals surface area contributed by atoms with Crippen molar-refractivity contribution in [1.82, 2.24) is 9.38 Å². The monoisotopic (exact) mass is 214 g/mol. The van der Waals surface area contributed by atoms with Gasteiger partial charge in [-0.2, -0.15) is 0 Å². The summed E-state index contributed by atoms with van der Waals surface area (Å²) in [5.74, 6) is 0. The largest absolute Gasteiger partial charge is 0.294 e. The van der Waals surface area contributed by atoms with E-state index in [0.29, 0.717) is 0 Å². The van der Waals surface area contributed by atoms with Gasteiger partial charge in [0.1, 0.15) is 0 Å². The Kier molecular flexibility index (Phi) is 1.86. The van der Waals surface area contributed by atoms with Crippen molar-refractivity contribution in [1.29, 1.82) is 0 Å². The molecule has 0 saturated heterocycles. The minimum absolute atomic E-state index is 1.05. The SMILES string of the molecule is Cc1csc2nc(-c3ccccc3)cn12. The Hall–Kier alpha value is -1.61. The smallest absolute Gasteiger partial charge is 0.194 e. The number of imidazole rings is 1. The van der Waals surface area contributed by atoms with Crippen LogP contribution in [0.25, 0.3) is 16.2 Å². The van der Waals surface area contributed by atoms with Crippen molar-refractivity contribution in [2.45, 2.75) is 6.92 Å². The summed E-state index contributed by atoms with van der Waals surface area (Å²) in [5, 5.41) is 2.12. The van der Waals surface area contributed by atoms with E-state index in [1.165, 1.54) is 11.3 Å². The summed E-state index contributed by atoms with van der Waals surface area (Å²) in [4.78, 5) is 5.65. The number of rotatable bonds is 1. The fraction of sp³-hybridized carbons (Fsp3) is 0.0833. The van der Waals surface area contributed by atoms with Crippen molar-refractivity contribution in [3.8, 4) is 11.3 Å². The van der Waals surface area contributed by atoms with Gasteiger partial charge in [-0.1, -0.05) is 30.3 Å². The van der Waals surface area contributed by atoms with E-state index < -0.39 is 0 Å². The van der Waals surface area contributed by atoms with Crippen molar-refractivity contribution in [3.05, 3.63) is 47.6 Å². The highest BCUT2D eigenvalue weighted by molar-refractivity contribution is 7.15. The molecule has 1 aromatic carbocycles. The molecule has 0 aliphatic heterocycles. The Morgan fingerprint density at radius 1 is 1.20 bits per heavy atom. The van der Waals surface area contributed by atoms with E-state index in [-0.39, 0.29) is 0 Å². The van der Waals surface area contributed by atoms with Crippen LogP contribution in [0.15, 0.2) is 41.9 Å². The number of thiazole rings is 1. The highest BCUT2D eigenvalue weighted by Crippen LogP contribution is 2.22. The maximum atomic E-state index is 4.59. The van der Waals surface area contributed by atoms with Crippen LogP contribution in [-0.2, 0) is 0 Å². The third-order valence-corrected chi connectivity index (χ3v) is 3.42. The molecule has 0 atom stereocenters. The van der Waals surface area contributed by atoms with E-state index in [0.717, 1.165) is 10.7 Å². The van der Waals surface area contributed by atoms with Gasteiger partial charge in [0.05, 0.1) is 5.69 Å². The van der Waals surface area contributed by atoms with E-state index in [1.807, 2.05) is 18.2 Å². The van der Waals surface area contributed by atoms with E-state index >= 15 is 0 Å². The van der Waals surface area contributed by atoms with Gasteiger partial charge < -0.3 is 0 Å². The van der Waals surface area contributed by atoms with Crippen molar-refractivity contribution < 1.29 is 0 Å². The van der Waals surface area contributed by atoms with Crippen molar-refractivity contribution in [3.63, 3.8) is 0 Å². The first kappa shape index (κ1) is 8.68. The van der Waals surface area contributed by atoms with Crippen LogP contribution in [0.2, 0.25) is 0 Å². The van der Waals surface area contributed by atoms with Gasteiger partial charge in [0.15, 0.2) is 4.96 Å². The third-order valence-electron chi connectivity index (χ3n) is 2.46. The van der Waals surface area contributed by atoms with Crippen molar-refractivity contribution in [2.24, 2.45) is 0 Å². The lowest BCUT2D eigenvalue weighted by atomic mass is 10.2. The van der Waals surface area contributed by atoms with Gasteiger partial charge in [-0.3, -0.25) is 4.40 Å². The van der Waals surface area contributed by atoms with Crippen LogP contribution in [0, 0.1) is 6.92 Å². The highest BCUT2D eigenvalue weighted by Gasteiger charge is 2.06. The number of aromatic nitrogens is 2.